The molecule has 134 valence electrons. The summed E-state index contributed by atoms with van der Waals surface area (Å²) in [5.41, 5.74) is 4.08. The molecular formula is C20H18N6O. The molecule has 0 fully saturated rings. The van der Waals surface area contributed by atoms with E-state index in [1.807, 2.05) is 44.2 Å². The van der Waals surface area contributed by atoms with Gasteiger partial charge in [-0.25, -0.2) is 9.97 Å². The number of pyridine rings is 1. The highest BCUT2D eigenvalue weighted by molar-refractivity contribution is 5.94. The van der Waals surface area contributed by atoms with Gasteiger partial charge in [-0.05, 0) is 32.0 Å². The lowest BCUT2D eigenvalue weighted by Gasteiger charge is -2.08. The van der Waals surface area contributed by atoms with Crippen molar-refractivity contribution in [2.75, 3.05) is 0 Å². The predicted molar refractivity (Wildman–Crippen MR) is 103 cm³/mol. The number of aryl methyl sites for hydroxylation is 1. The Labute approximate surface area is 155 Å². The largest absolute Gasteiger partial charge is 0.346 e. The Morgan fingerprint density at radius 3 is 3.04 bits per heavy atom. The highest BCUT2D eigenvalue weighted by Crippen LogP contribution is 2.14. The molecule has 0 unspecified atom stereocenters. The molecule has 3 heterocycles. The lowest BCUT2D eigenvalue weighted by atomic mass is 10.2. The Hall–Kier alpha value is -3.66. The van der Waals surface area contributed by atoms with Crippen molar-refractivity contribution >= 4 is 28.0 Å². The molecule has 0 saturated carbocycles. The van der Waals surface area contributed by atoms with E-state index in [1.165, 1.54) is 0 Å². The first-order chi connectivity index (χ1) is 13.1. The average molecular weight is 358 g/mol. The van der Waals surface area contributed by atoms with Crippen LogP contribution in [-0.4, -0.2) is 37.1 Å². The van der Waals surface area contributed by atoms with Crippen molar-refractivity contribution in [2.24, 2.45) is 0 Å². The van der Waals surface area contributed by atoms with Gasteiger partial charge in [0.2, 0.25) is 0 Å². The maximum Gasteiger partial charge on any atom is 0.287 e. The van der Waals surface area contributed by atoms with Gasteiger partial charge in [0.05, 0.1) is 11.0 Å². The van der Waals surface area contributed by atoms with Gasteiger partial charge < -0.3 is 10.3 Å². The van der Waals surface area contributed by atoms with Crippen LogP contribution in [-0.2, 0) is 0 Å². The quantitative estimate of drug-likeness (QED) is 0.490. The van der Waals surface area contributed by atoms with Crippen LogP contribution in [0.15, 0.2) is 36.5 Å². The molecule has 1 atom stereocenters. The van der Waals surface area contributed by atoms with Crippen LogP contribution in [0.1, 0.15) is 35.2 Å². The monoisotopic (exact) mass is 358 g/mol. The molecule has 7 heteroatoms. The van der Waals surface area contributed by atoms with Crippen LogP contribution >= 0.6 is 0 Å². The summed E-state index contributed by atoms with van der Waals surface area (Å²) in [6, 6.07) is 9.40. The second kappa shape index (κ2) is 6.92. The number of rotatable bonds is 3. The lowest BCUT2D eigenvalue weighted by molar-refractivity contribution is 0.0931. The molecule has 0 aliphatic heterocycles. The van der Waals surface area contributed by atoms with E-state index in [0.29, 0.717) is 17.9 Å². The van der Waals surface area contributed by atoms with Crippen LogP contribution in [0.25, 0.3) is 22.1 Å². The van der Waals surface area contributed by atoms with Gasteiger partial charge in [0, 0.05) is 35.3 Å². The van der Waals surface area contributed by atoms with Crippen LogP contribution in [0.5, 0.6) is 0 Å². The molecule has 3 aromatic heterocycles. The molecule has 1 aromatic carbocycles. The Morgan fingerprint density at radius 1 is 1.33 bits per heavy atom. The SMILES string of the molecule is Cc1[nH]nc2ncc(C#CC[C@H](C)NC(=O)c3nc4ccccc4[nH]3)cc12. The standard InChI is InChI=1S/C20H18N6O/c1-12(22-20(27)19-23-16-8-3-4-9-17(16)24-19)6-5-7-14-10-15-13(2)25-26-18(15)21-11-14/h3-4,8-12H,6H2,1-2H3,(H,22,27)(H,23,24)(H,21,25,26)/t12-/m0/s1. The number of para-hydroxylation sites is 2. The van der Waals surface area contributed by atoms with Crippen LogP contribution in [0.4, 0.5) is 0 Å². The Morgan fingerprint density at radius 2 is 2.19 bits per heavy atom. The Bertz CT molecular complexity index is 1160. The third kappa shape index (κ3) is 3.51. The first-order valence-corrected chi connectivity index (χ1v) is 8.65. The van der Waals surface area contributed by atoms with E-state index < -0.39 is 0 Å². The number of hydrogen-bond donors (Lipinski definition) is 3. The van der Waals surface area contributed by atoms with E-state index in [2.05, 4.69) is 42.3 Å². The number of nitrogens with zero attached hydrogens (tertiary/aromatic N) is 3. The molecule has 4 aromatic rings. The summed E-state index contributed by atoms with van der Waals surface area (Å²) in [5, 5.41) is 10.9. The van der Waals surface area contributed by atoms with Crippen molar-refractivity contribution in [3.05, 3.63) is 53.6 Å². The zero-order valence-electron chi connectivity index (χ0n) is 15.0. The molecule has 7 nitrogen and oxygen atoms in total. The third-order valence-corrected chi connectivity index (χ3v) is 4.22. The molecule has 1 amide bonds. The smallest absolute Gasteiger partial charge is 0.287 e. The molecule has 0 radical (unpaired) electrons. The summed E-state index contributed by atoms with van der Waals surface area (Å²) in [6.07, 6.45) is 2.22. The fourth-order valence-corrected chi connectivity index (χ4v) is 2.80. The molecule has 4 rings (SSSR count). The van der Waals surface area contributed by atoms with Crippen LogP contribution in [0, 0.1) is 18.8 Å². The topological polar surface area (TPSA) is 99.3 Å². The minimum Gasteiger partial charge on any atom is -0.346 e. The fourth-order valence-electron chi connectivity index (χ4n) is 2.80. The lowest BCUT2D eigenvalue weighted by Crippen LogP contribution is -2.32. The van der Waals surface area contributed by atoms with E-state index in [9.17, 15) is 4.79 Å². The van der Waals surface area contributed by atoms with Crippen molar-refractivity contribution in [3.63, 3.8) is 0 Å². The highest BCUT2D eigenvalue weighted by Gasteiger charge is 2.13. The first-order valence-electron chi connectivity index (χ1n) is 8.65. The Balaban J connectivity index is 1.40. The molecule has 0 saturated heterocycles. The number of carbonyl (C=O) groups excluding carboxylic acids is 1. The van der Waals surface area contributed by atoms with E-state index in [4.69, 9.17) is 0 Å². The third-order valence-electron chi connectivity index (χ3n) is 4.22. The minimum atomic E-state index is -0.238. The number of imidazole rings is 1. The molecule has 0 aliphatic carbocycles. The second-order valence-corrected chi connectivity index (χ2v) is 6.43. The number of aromatic amines is 2. The number of nitrogens with one attached hydrogen (secondary N) is 3. The highest BCUT2D eigenvalue weighted by atomic mass is 16.2. The summed E-state index contributed by atoms with van der Waals surface area (Å²) in [7, 11) is 0. The van der Waals surface area contributed by atoms with Gasteiger partial charge in [-0.15, -0.1) is 0 Å². The summed E-state index contributed by atoms with van der Waals surface area (Å²) in [4.78, 5) is 24.0. The Kier molecular flexibility index (Phi) is 4.30. The number of aromatic nitrogens is 5. The van der Waals surface area contributed by atoms with E-state index in [1.54, 1.807) is 6.20 Å². The van der Waals surface area contributed by atoms with Gasteiger partial charge in [-0.2, -0.15) is 5.10 Å². The average Bonchev–Trinajstić information content (AvgIpc) is 3.26. The molecule has 27 heavy (non-hydrogen) atoms. The number of H-pyrrole nitrogens is 2. The fraction of sp³-hybridized carbons (Fsp3) is 0.200. The zero-order chi connectivity index (χ0) is 18.8. The zero-order valence-corrected chi connectivity index (χ0v) is 15.0. The summed E-state index contributed by atoms with van der Waals surface area (Å²) in [5.74, 6) is 6.25. The number of amides is 1. The van der Waals surface area contributed by atoms with Crippen LogP contribution < -0.4 is 5.32 Å². The van der Waals surface area contributed by atoms with Crippen molar-refractivity contribution in [1.82, 2.24) is 30.5 Å². The van der Waals surface area contributed by atoms with Crippen molar-refractivity contribution in [1.29, 1.82) is 0 Å². The minimum absolute atomic E-state index is 0.106. The van der Waals surface area contributed by atoms with Crippen molar-refractivity contribution in [2.45, 2.75) is 26.3 Å². The number of benzene rings is 1. The van der Waals surface area contributed by atoms with Gasteiger partial charge in [0.1, 0.15) is 0 Å². The number of fused-ring (bicyclic) bond motifs is 2. The van der Waals surface area contributed by atoms with E-state index in [-0.39, 0.29) is 11.9 Å². The summed E-state index contributed by atoms with van der Waals surface area (Å²) in [6.45, 7) is 3.86. The molecular weight excluding hydrogens is 340 g/mol. The normalized spacial score (nSPS) is 11.9. The van der Waals surface area contributed by atoms with Crippen molar-refractivity contribution < 1.29 is 4.79 Å². The van der Waals surface area contributed by atoms with Gasteiger partial charge in [-0.3, -0.25) is 9.89 Å². The van der Waals surface area contributed by atoms with Crippen LogP contribution in [0.3, 0.4) is 0 Å². The van der Waals surface area contributed by atoms with E-state index in [0.717, 1.165) is 27.7 Å². The summed E-state index contributed by atoms with van der Waals surface area (Å²) < 4.78 is 0. The maximum atomic E-state index is 12.3. The summed E-state index contributed by atoms with van der Waals surface area (Å²) >= 11 is 0. The maximum absolute atomic E-state index is 12.3. The molecule has 0 spiro atoms. The predicted octanol–water partition coefficient (Wildman–Crippen LogP) is 2.70. The van der Waals surface area contributed by atoms with Crippen molar-refractivity contribution in [3.8, 4) is 11.8 Å². The molecule has 0 aliphatic rings. The second-order valence-electron chi connectivity index (χ2n) is 6.43. The van der Waals surface area contributed by atoms with Crippen LogP contribution in [0.2, 0.25) is 0 Å². The van der Waals surface area contributed by atoms with Gasteiger partial charge in [0.15, 0.2) is 11.5 Å². The first kappa shape index (κ1) is 16.8. The number of hydrogen-bond acceptors (Lipinski definition) is 4. The van der Waals surface area contributed by atoms with Gasteiger partial charge in [-0.1, -0.05) is 24.0 Å². The molecule has 3 N–H and O–H groups in total. The number of carbonyl (C=O) groups is 1. The van der Waals surface area contributed by atoms with Gasteiger partial charge in [0.25, 0.3) is 5.91 Å². The van der Waals surface area contributed by atoms with E-state index >= 15 is 0 Å². The molecule has 0 bridgehead atoms. The van der Waals surface area contributed by atoms with Gasteiger partial charge >= 0.3 is 0 Å².